The van der Waals surface area contributed by atoms with E-state index in [1.165, 1.54) is 11.0 Å². The molecule has 5 heteroatoms. The molecule has 0 radical (unpaired) electrons. The summed E-state index contributed by atoms with van der Waals surface area (Å²) in [4.78, 5) is 1.22. The van der Waals surface area contributed by atoms with Gasteiger partial charge in [-0.1, -0.05) is 12.1 Å². The van der Waals surface area contributed by atoms with Crippen LogP contribution in [0.3, 0.4) is 0 Å². The van der Waals surface area contributed by atoms with E-state index in [0.29, 0.717) is 11.3 Å². The Kier molecular flexibility index (Phi) is 4.23. The fourth-order valence-corrected chi connectivity index (χ4v) is 1.84. The third-order valence-corrected chi connectivity index (χ3v) is 2.62. The molecule has 2 nitrogen and oxygen atoms in total. The predicted octanol–water partition coefficient (Wildman–Crippen LogP) is 3.64. The highest BCUT2D eigenvalue weighted by Crippen LogP contribution is 2.29. The first-order chi connectivity index (χ1) is 8.26. The Morgan fingerprint density at radius 1 is 1.33 bits per heavy atom. The molecule has 98 valence electrons. The van der Waals surface area contributed by atoms with Crippen molar-refractivity contribution in [3.05, 3.63) is 29.3 Å². The lowest BCUT2D eigenvalue weighted by Crippen LogP contribution is -2.40. The average molecular weight is 256 g/mol. The predicted molar refractivity (Wildman–Crippen MR) is 64.4 cm³/mol. The summed E-state index contributed by atoms with van der Waals surface area (Å²) in [6.45, 7) is 4.02. The van der Waals surface area contributed by atoms with Gasteiger partial charge in [0.25, 0.3) is 0 Å². The molecule has 0 bridgehead atoms. The van der Waals surface area contributed by atoms with Gasteiger partial charge in [-0.25, -0.2) is 0 Å². The number of nitrogens with zero attached hydrogens (tertiary/aromatic N) is 2. The maximum atomic E-state index is 12.6. The van der Waals surface area contributed by atoms with Gasteiger partial charge in [-0.05, 0) is 32.4 Å². The number of para-hydroxylation sites is 1. The summed E-state index contributed by atoms with van der Waals surface area (Å²) < 4.78 is 37.8. The Balaban J connectivity index is 3.27. The number of hydrogen-bond acceptors (Lipinski definition) is 2. The van der Waals surface area contributed by atoms with E-state index in [9.17, 15) is 13.2 Å². The Hall–Kier alpha value is -1.70. The molecule has 0 spiro atoms. The highest BCUT2D eigenvalue weighted by atomic mass is 19.4. The third kappa shape index (κ3) is 3.39. The highest BCUT2D eigenvalue weighted by Gasteiger charge is 2.33. The van der Waals surface area contributed by atoms with Gasteiger partial charge in [0, 0.05) is 6.04 Å². The minimum Gasteiger partial charge on any atom is -0.359 e. The van der Waals surface area contributed by atoms with Crippen molar-refractivity contribution in [1.82, 2.24) is 0 Å². The molecule has 0 aliphatic carbocycles. The maximum absolute atomic E-state index is 12.6. The molecule has 0 unspecified atom stereocenters. The summed E-state index contributed by atoms with van der Waals surface area (Å²) >= 11 is 0. The van der Waals surface area contributed by atoms with E-state index in [4.69, 9.17) is 5.26 Å². The van der Waals surface area contributed by atoms with E-state index >= 15 is 0 Å². The summed E-state index contributed by atoms with van der Waals surface area (Å²) in [5.74, 6) is 0. The van der Waals surface area contributed by atoms with Crippen LogP contribution in [0.4, 0.5) is 18.9 Å². The first-order valence-electron chi connectivity index (χ1n) is 5.59. The second kappa shape index (κ2) is 5.30. The smallest absolute Gasteiger partial charge is 0.359 e. The molecule has 1 rings (SSSR count). The first-order valence-corrected chi connectivity index (χ1v) is 5.59. The lowest BCUT2D eigenvalue weighted by Gasteiger charge is -2.31. The quantitative estimate of drug-likeness (QED) is 0.825. The molecule has 0 aromatic heterocycles. The fraction of sp³-hybridized carbons (Fsp3) is 0.462. The molecule has 0 heterocycles. The van der Waals surface area contributed by atoms with Crippen molar-refractivity contribution in [2.45, 2.75) is 33.0 Å². The van der Waals surface area contributed by atoms with Crippen LogP contribution in [0, 0.1) is 18.3 Å². The number of alkyl halides is 3. The van der Waals surface area contributed by atoms with Crippen LogP contribution in [-0.2, 0) is 0 Å². The molecule has 0 saturated carbocycles. The fourth-order valence-electron chi connectivity index (χ4n) is 1.84. The van der Waals surface area contributed by atoms with Crippen LogP contribution in [0.15, 0.2) is 18.2 Å². The summed E-state index contributed by atoms with van der Waals surface area (Å²) in [7, 11) is 0. The molecule has 0 amide bonds. The zero-order valence-electron chi connectivity index (χ0n) is 10.5. The lowest BCUT2D eigenvalue weighted by molar-refractivity contribution is -0.120. The topological polar surface area (TPSA) is 27.0 Å². The molecule has 0 atom stereocenters. The van der Waals surface area contributed by atoms with Gasteiger partial charge in [-0.3, -0.25) is 0 Å². The second-order valence-corrected chi connectivity index (χ2v) is 4.42. The number of aryl methyl sites for hydroxylation is 1. The number of rotatable bonds is 3. The van der Waals surface area contributed by atoms with E-state index < -0.39 is 12.7 Å². The first kappa shape index (κ1) is 14.4. The van der Waals surface area contributed by atoms with Crippen LogP contribution in [0.5, 0.6) is 0 Å². The normalized spacial score (nSPS) is 11.4. The highest BCUT2D eigenvalue weighted by molar-refractivity contribution is 5.64. The van der Waals surface area contributed by atoms with Crippen molar-refractivity contribution in [2.24, 2.45) is 0 Å². The molecule has 0 N–H and O–H groups in total. The van der Waals surface area contributed by atoms with Gasteiger partial charge in [0.2, 0.25) is 0 Å². The molecular weight excluding hydrogens is 241 g/mol. The van der Waals surface area contributed by atoms with Crippen molar-refractivity contribution in [1.29, 1.82) is 5.26 Å². The van der Waals surface area contributed by atoms with Gasteiger partial charge in [0.05, 0.1) is 11.3 Å². The van der Waals surface area contributed by atoms with Crippen LogP contribution in [-0.4, -0.2) is 18.8 Å². The Morgan fingerprint density at radius 2 is 1.94 bits per heavy atom. The zero-order chi connectivity index (χ0) is 13.9. The Morgan fingerprint density at radius 3 is 2.39 bits per heavy atom. The van der Waals surface area contributed by atoms with Crippen LogP contribution >= 0.6 is 0 Å². The Bertz CT molecular complexity index is 458. The zero-order valence-corrected chi connectivity index (χ0v) is 10.5. The summed E-state index contributed by atoms with van der Waals surface area (Å²) in [5, 5.41) is 9.01. The van der Waals surface area contributed by atoms with E-state index in [2.05, 4.69) is 0 Å². The second-order valence-electron chi connectivity index (χ2n) is 4.42. The molecular formula is C13H15F3N2. The standard InChI is InChI=1S/C13H15F3N2/c1-9(2)18(8-13(14,15)16)12-10(3)5-4-6-11(12)7-17/h4-6,9H,8H2,1-3H3. The van der Waals surface area contributed by atoms with Crippen LogP contribution < -0.4 is 4.90 Å². The molecule has 1 aromatic carbocycles. The van der Waals surface area contributed by atoms with Crippen LogP contribution in [0.2, 0.25) is 0 Å². The number of benzene rings is 1. The van der Waals surface area contributed by atoms with Gasteiger partial charge in [-0.15, -0.1) is 0 Å². The van der Waals surface area contributed by atoms with Crippen molar-refractivity contribution in [3.63, 3.8) is 0 Å². The monoisotopic (exact) mass is 256 g/mol. The molecule has 1 aromatic rings. The summed E-state index contributed by atoms with van der Waals surface area (Å²) in [6.07, 6.45) is -4.29. The third-order valence-electron chi connectivity index (χ3n) is 2.62. The minimum atomic E-state index is -4.29. The van der Waals surface area contributed by atoms with Gasteiger partial charge in [0.15, 0.2) is 0 Å². The van der Waals surface area contributed by atoms with Crippen molar-refractivity contribution in [2.75, 3.05) is 11.4 Å². The van der Waals surface area contributed by atoms with E-state index in [-0.39, 0.29) is 11.6 Å². The summed E-state index contributed by atoms with van der Waals surface area (Å²) in [6, 6.07) is 6.53. The molecule has 0 fully saturated rings. The largest absolute Gasteiger partial charge is 0.405 e. The van der Waals surface area contributed by atoms with E-state index in [1.807, 2.05) is 6.07 Å². The van der Waals surface area contributed by atoms with Crippen molar-refractivity contribution >= 4 is 5.69 Å². The minimum absolute atomic E-state index is 0.271. The average Bonchev–Trinajstić information content (AvgIpc) is 2.24. The van der Waals surface area contributed by atoms with Gasteiger partial charge in [0.1, 0.15) is 12.6 Å². The SMILES string of the molecule is Cc1cccc(C#N)c1N(CC(F)(F)F)C(C)C. The van der Waals surface area contributed by atoms with E-state index in [1.54, 1.807) is 32.9 Å². The van der Waals surface area contributed by atoms with Gasteiger partial charge in [-0.2, -0.15) is 18.4 Å². The van der Waals surface area contributed by atoms with Crippen molar-refractivity contribution in [3.8, 4) is 6.07 Å². The van der Waals surface area contributed by atoms with Crippen LogP contribution in [0.25, 0.3) is 0 Å². The number of halogens is 3. The van der Waals surface area contributed by atoms with E-state index in [0.717, 1.165) is 0 Å². The maximum Gasteiger partial charge on any atom is 0.405 e. The Labute approximate surface area is 105 Å². The summed E-state index contributed by atoms with van der Waals surface area (Å²) in [5.41, 5.74) is 1.31. The van der Waals surface area contributed by atoms with Crippen molar-refractivity contribution < 1.29 is 13.2 Å². The molecule has 0 saturated heterocycles. The number of anilines is 1. The van der Waals surface area contributed by atoms with Gasteiger partial charge < -0.3 is 4.90 Å². The number of hydrogen-bond donors (Lipinski definition) is 0. The van der Waals surface area contributed by atoms with Crippen LogP contribution in [0.1, 0.15) is 25.0 Å². The molecule has 0 aliphatic heterocycles. The number of nitriles is 1. The molecule has 18 heavy (non-hydrogen) atoms. The molecule has 0 aliphatic rings. The lowest BCUT2D eigenvalue weighted by atomic mass is 10.1. The van der Waals surface area contributed by atoms with Gasteiger partial charge >= 0.3 is 6.18 Å².